The van der Waals surface area contributed by atoms with Crippen LogP contribution >= 0.6 is 11.6 Å². The van der Waals surface area contributed by atoms with Crippen LogP contribution in [0.15, 0.2) is 36.4 Å². The minimum atomic E-state index is -0.684. The Morgan fingerprint density at radius 1 is 1.33 bits per heavy atom. The lowest BCUT2D eigenvalue weighted by atomic mass is 9.94. The summed E-state index contributed by atoms with van der Waals surface area (Å²) in [5, 5.41) is 27.1. The van der Waals surface area contributed by atoms with Gasteiger partial charge in [-0.25, -0.2) is 0 Å². The number of H-pyrrole nitrogens is 1. The first-order chi connectivity index (χ1) is 10.1. The Kier molecular flexibility index (Phi) is 3.38. The van der Waals surface area contributed by atoms with Gasteiger partial charge in [0.25, 0.3) is 0 Å². The van der Waals surface area contributed by atoms with Gasteiger partial charge < -0.3 is 5.11 Å². The molecule has 3 rings (SSSR count). The molecule has 0 aliphatic heterocycles. The lowest BCUT2D eigenvalue weighted by Crippen LogP contribution is -1.97. The van der Waals surface area contributed by atoms with Gasteiger partial charge in [-0.1, -0.05) is 41.9 Å². The monoisotopic (exact) mass is 297 g/mol. The largest absolute Gasteiger partial charge is 0.389 e. The van der Waals surface area contributed by atoms with Gasteiger partial charge in [-0.15, -0.1) is 0 Å². The van der Waals surface area contributed by atoms with E-state index in [-0.39, 0.29) is 5.69 Å². The summed E-state index contributed by atoms with van der Waals surface area (Å²) in [7, 11) is 0. The molecule has 0 fully saturated rings. The number of hydrogen-bond acceptors (Lipinski definition) is 3. The predicted molar refractivity (Wildman–Crippen MR) is 81.9 cm³/mol. The van der Waals surface area contributed by atoms with E-state index in [1.807, 2.05) is 36.4 Å². The van der Waals surface area contributed by atoms with Crippen molar-refractivity contribution in [3.63, 3.8) is 0 Å². The van der Waals surface area contributed by atoms with Crippen LogP contribution < -0.4 is 0 Å². The molecule has 0 saturated carbocycles. The number of halogens is 1. The molecule has 1 atom stereocenters. The van der Waals surface area contributed by atoms with Crippen LogP contribution in [-0.4, -0.2) is 15.3 Å². The summed E-state index contributed by atoms with van der Waals surface area (Å²) < 4.78 is 0. The number of aliphatic hydroxyl groups excluding tert-OH is 1. The number of benzene rings is 2. The minimum absolute atomic E-state index is 0.254. The first-order valence-electron chi connectivity index (χ1n) is 6.47. The highest BCUT2D eigenvalue weighted by Crippen LogP contribution is 2.39. The summed E-state index contributed by atoms with van der Waals surface area (Å²) in [4.78, 5) is 0. The topological polar surface area (TPSA) is 72.7 Å². The normalized spacial score (nSPS) is 12.3. The SMILES string of the molecule is CC(O)c1cc(Cl)c2c(C#N)n[nH]c2c1-c1ccccc1. The summed E-state index contributed by atoms with van der Waals surface area (Å²) in [6.45, 7) is 1.69. The van der Waals surface area contributed by atoms with Gasteiger partial charge in [0, 0.05) is 5.56 Å². The second kappa shape index (κ2) is 5.21. The first kappa shape index (κ1) is 13.6. The number of aromatic amines is 1. The lowest BCUT2D eigenvalue weighted by molar-refractivity contribution is 0.200. The van der Waals surface area contributed by atoms with Gasteiger partial charge in [-0.05, 0) is 24.1 Å². The second-order valence-electron chi connectivity index (χ2n) is 4.80. The van der Waals surface area contributed by atoms with E-state index >= 15 is 0 Å². The smallest absolute Gasteiger partial charge is 0.171 e. The van der Waals surface area contributed by atoms with E-state index in [4.69, 9.17) is 16.9 Å². The van der Waals surface area contributed by atoms with E-state index in [9.17, 15) is 5.11 Å². The zero-order chi connectivity index (χ0) is 15.0. The van der Waals surface area contributed by atoms with Crippen LogP contribution in [0.2, 0.25) is 5.02 Å². The molecule has 0 radical (unpaired) electrons. The van der Waals surface area contributed by atoms with Gasteiger partial charge >= 0.3 is 0 Å². The molecule has 1 heterocycles. The Morgan fingerprint density at radius 2 is 2.05 bits per heavy atom. The minimum Gasteiger partial charge on any atom is -0.389 e. The molecule has 0 saturated heterocycles. The van der Waals surface area contributed by atoms with E-state index < -0.39 is 6.10 Å². The molecule has 0 aliphatic carbocycles. The van der Waals surface area contributed by atoms with Crippen LogP contribution in [0.1, 0.15) is 24.3 Å². The number of aromatic nitrogens is 2. The molecule has 0 amide bonds. The van der Waals surface area contributed by atoms with Crippen molar-refractivity contribution in [1.29, 1.82) is 5.26 Å². The quantitative estimate of drug-likeness (QED) is 0.755. The zero-order valence-electron chi connectivity index (χ0n) is 11.3. The van der Waals surface area contributed by atoms with Crippen molar-refractivity contribution >= 4 is 22.5 Å². The molecule has 0 spiro atoms. The molecule has 104 valence electrons. The molecule has 2 aromatic carbocycles. The molecule has 3 aromatic rings. The standard InChI is InChI=1S/C16H12ClN3O/c1-9(21)11-7-12(17)15-13(8-18)19-20-16(15)14(11)10-5-3-2-4-6-10/h2-7,9,21H,1H3,(H,19,20). The number of nitrogens with one attached hydrogen (secondary N) is 1. The number of aliphatic hydroxyl groups is 1. The van der Waals surface area contributed by atoms with Gasteiger partial charge in [0.1, 0.15) is 6.07 Å². The van der Waals surface area contributed by atoms with Gasteiger partial charge in [-0.2, -0.15) is 10.4 Å². The summed E-state index contributed by atoms with van der Waals surface area (Å²) in [5.74, 6) is 0. The molecule has 0 aliphatic rings. The van der Waals surface area contributed by atoms with Crippen molar-refractivity contribution in [2.45, 2.75) is 13.0 Å². The number of rotatable bonds is 2. The third kappa shape index (κ3) is 2.17. The number of nitrogens with zero attached hydrogens (tertiary/aromatic N) is 2. The van der Waals surface area contributed by atoms with Gasteiger partial charge in [0.15, 0.2) is 5.69 Å². The van der Waals surface area contributed by atoms with E-state index in [1.54, 1.807) is 13.0 Å². The van der Waals surface area contributed by atoms with Crippen molar-refractivity contribution < 1.29 is 5.11 Å². The highest BCUT2D eigenvalue weighted by molar-refractivity contribution is 6.36. The molecular formula is C16H12ClN3O. The maximum absolute atomic E-state index is 10.1. The number of nitriles is 1. The highest BCUT2D eigenvalue weighted by atomic mass is 35.5. The van der Waals surface area contributed by atoms with E-state index in [2.05, 4.69) is 10.2 Å². The highest BCUT2D eigenvalue weighted by Gasteiger charge is 2.20. The fourth-order valence-corrected chi connectivity index (χ4v) is 2.81. The van der Waals surface area contributed by atoms with Crippen LogP contribution in [0.4, 0.5) is 0 Å². The van der Waals surface area contributed by atoms with Gasteiger partial charge in [-0.3, -0.25) is 5.10 Å². The van der Waals surface area contributed by atoms with Crippen LogP contribution in [0.5, 0.6) is 0 Å². The first-order valence-corrected chi connectivity index (χ1v) is 6.85. The maximum atomic E-state index is 10.1. The van der Waals surface area contributed by atoms with Crippen molar-refractivity contribution in [2.24, 2.45) is 0 Å². The van der Waals surface area contributed by atoms with Crippen molar-refractivity contribution in [3.05, 3.63) is 52.7 Å². The number of hydrogen-bond donors (Lipinski definition) is 2. The summed E-state index contributed by atoms with van der Waals surface area (Å²) in [6.07, 6.45) is -0.684. The molecule has 5 heteroatoms. The van der Waals surface area contributed by atoms with Crippen molar-refractivity contribution in [2.75, 3.05) is 0 Å². The average molecular weight is 298 g/mol. The van der Waals surface area contributed by atoms with E-state index in [0.29, 0.717) is 21.5 Å². The van der Waals surface area contributed by atoms with Gasteiger partial charge in [0.05, 0.1) is 22.0 Å². The fourth-order valence-electron chi connectivity index (χ4n) is 2.51. The van der Waals surface area contributed by atoms with E-state index in [0.717, 1.165) is 11.1 Å². The summed E-state index contributed by atoms with van der Waals surface area (Å²) in [6, 6.07) is 13.4. The summed E-state index contributed by atoms with van der Waals surface area (Å²) >= 11 is 6.27. The molecule has 1 aromatic heterocycles. The predicted octanol–water partition coefficient (Wildman–Crippen LogP) is 3.81. The average Bonchev–Trinajstić information content (AvgIpc) is 2.92. The number of fused-ring (bicyclic) bond motifs is 1. The van der Waals surface area contributed by atoms with Gasteiger partial charge in [0.2, 0.25) is 0 Å². The molecule has 0 bridgehead atoms. The maximum Gasteiger partial charge on any atom is 0.171 e. The lowest BCUT2D eigenvalue weighted by Gasteiger charge is -2.14. The van der Waals surface area contributed by atoms with E-state index in [1.165, 1.54) is 0 Å². The van der Waals surface area contributed by atoms with Crippen molar-refractivity contribution in [3.8, 4) is 17.2 Å². The van der Waals surface area contributed by atoms with Crippen LogP contribution in [0, 0.1) is 11.3 Å². The third-order valence-electron chi connectivity index (χ3n) is 3.44. The fraction of sp³-hybridized carbons (Fsp3) is 0.125. The zero-order valence-corrected chi connectivity index (χ0v) is 12.0. The Balaban J connectivity index is 2.46. The molecule has 4 nitrogen and oxygen atoms in total. The molecule has 21 heavy (non-hydrogen) atoms. The third-order valence-corrected chi connectivity index (χ3v) is 3.74. The Labute approximate surface area is 126 Å². The summed E-state index contributed by atoms with van der Waals surface area (Å²) in [5.41, 5.74) is 3.37. The van der Waals surface area contributed by atoms with Crippen LogP contribution in [-0.2, 0) is 0 Å². The molecule has 2 N–H and O–H groups in total. The Bertz CT molecular complexity index is 847. The van der Waals surface area contributed by atoms with Crippen LogP contribution in [0.3, 0.4) is 0 Å². The van der Waals surface area contributed by atoms with Crippen LogP contribution in [0.25, 0.3) is 22.0 Å². The van der Waals surface area contributed by atoms with Crippen molar-refractivity contribution in [1.82, 2.24) is 10.2 Å². The Morgan fingerprint density at radius 3 is 2.67 bits per heavy atom. The molecular weight excluding hydrogens is 286 g/mol. The second-order valence-corrected chi connectivity index (χ2v) is 5.21. The molecule has 1 unspecified atom stereocenters. The Hall–Kier alpha value is -2.35.